The number of benzene rings is 2. The van der Waals surface area contributed by atoms with Crippen molar-refractivity contribution < 1.29 is 18.7 Å². The Morgan fingerprint density at radius 2 is 1.88 bits per heavy atom. The highest BCUT2D eigenvalue weighted by Crippen LogP contribution is 2.31. The van der Waals surface area contributed by atoms with Gasteiger partial charge in [0.05, 0.1) is 42.1 Å². The van der Waals surface area contributed by atoms with E-state index in [1.54, 1.807) is 26.5 Å². The number of carbonyl (C=O) groups excluding carboxylic acids is 1. The van der Waals surface area contributed by atoms with E-state index in [-0.39, 0.29) is 11.7 Å². The fourth-order valence-electron chi connectivity index (χ4n) is 3.26. The molecule has 5 rings (SSSR count). The molecule has 3 heterocycles. The quantitative estimate of drug-likeness (QED) is 0.305. The average molecular weight is 494 g/mol. The van der Waals surface area contributed by atoms with E-state index in [9.17, 15) is 4.79 Å². The normalized spacial score (nSPS) is 11.0. The highest BCUT2D eigenvalue weighted by molar-refractivity contribution is 7.99. The Morgan fingerprint density at radius 3 is 2.62 bits per heavy atom. The number of nitrogens with one attached hydrogen (secondary N) is 1. The number of thioether (sulfide) groups is 1. The van der Waals surface area contributed by atoms with Gasteiger partial charge in [0.2, 0.25) is 11.7 Å². The van der Waals surface area contributed by atoms with Gasteiger partial charge >= 0.3 is 0 Å². The van der Waals surface area contributed by atoms with E-state index in [2.05, 4.69) is 20.5 Å². The topological polar surface area (TPSA) is 104 Å². The van der Waals surface area contributed by atoms with Gasteiger partial charge in [-0.25, -0.2) is 4.98 Å². The van der Waals surface area contributed by atoms with Gasteiger partial charge in [-0.1, -0.05) is 23.1 Å². The minimum absolute atomic E-state index is 0.131. The summed E-state index contributed by atoms with van der Waals surface area (Å²) in [4.78, 5) is 17.1. The standard InChI is InChI=1S/C23H19N5O4S2/c1-30-15-7-5-14(6-8-15)28-21(18-4-3-11-32-18)26-27-23(28)33-13-20(29)25-22-24-17-10-9-16(31-2)12-19(17)34-22/h3-12H,13H2,1-2H3,(H,24,25,29). The minimum atomic E-state index is -0.195. The van der Waals surface area contributed by atoms with Crippen molar-refractivity contribution in [1.82, 2.24) is 19.7 Å². The molecule has 172 valence electrons. The first-order valence-corrected chi connectivity index (χ1v) is 12.0. The van der Waals surface area contributed by atoms with Crippen molar-refractivity contribution in [3.05, 3.63) is 60.9 Å². The Bertz CT molecular complexity index is 1430. The average Bonchev–Trinajstić information content (AvgIpc) is 3.61. The Hall–Kier alpha value is -3.83. The van der Waals surface area contributed by atoms with Gasteiger partial charge in [-0.2, -0.15) is 0 Å². The van der Waals surface area contributed by atoms with Crippen molar-refractivity contribution in [3.8, 4) is 28.8 Å². The van der Waals surface area contributed by atoms with Crippen LogP contribution in [0.25, 0.3) is 27.5 Å². The van der Waals surface area contributed by atoms with Crippen molar-refractivity contribution in [2.75, 3.05) is 25.3 Å². The van der Waals surface area contributed by atoms with Gasteiger partial charge < -0.3 is 19.2 Å². The molecule has 0 saturated carbocycles. The maximum atomic E-state index is 12.7. The van der Waals surface area contributed by atoms with Crippen LogP contribution in [0.15, 0.2) is 70.4 Å². The first-order chi connectivity index (χ1) is 16.6. The van der Waals surface area contributed by atoms with Gasteiger partial charge in [0.25, 0.3) is 0 Å². The highest BCUT2D eigenvalue weighted by Gasteiger charge is 2.19. The van der Waals surface area contributed by atoms with Crippen molar-refractivity contribution >= 4 is 44.4 Å². The van der Waals surface area contributed by atoms with Crippen molar-refractivity contribution in [1.29, 1.82) is 0 Å². The molecule has 1 amide bonds. The van der Waals surface area contributed by atoms with Crippen LogP contribution >= 0.6 is 23.1 Å². The van der Waals surface area contributed by atoms with Crippen LogP contribution in [-0.4, -0.2) is 45.6 Å². The summed E-state index contributed by atoms with van der Waals surface area (Å²) in [6, 6.07) is 16.7. The van der Waals surface area contributed by atoms with Gasteiger partial charge in [0.15, 0.2) is 16.0 Å². The smallest absolute Gasteiger partial charge is 0.236 e. The molecule has 0 saturated heterocycles. The van der Waals surface area contributed by atoms with Crippen LogP contribution in [0, 0.1) is 0 Å². The van der Waals surface area contributed by atoms with Crippen LogP contribution in [0.2, 0.25) is 0 Å². The SMILES string of the molecule is COc1ccc(-n2c(SCC(=O)Nc3nc4ccc(OC)cc4s3)nnc2-c2ccco2)cc1. The maximum absolute atomic E-state index is 12.7. The number of rotatable bonds is 8. The van der Waals surface area contributed by atoms with E-state index in [0.717, 1.165) is 27.4 Å². The number of nitrogens with zero attached hydrogens (tertiary/aromatic N) is 4. The number of amides is 1. The number of ether oxygens (including phenoxy) is 2. The molecule has 9 nitrogen and oxygen atoms in total. The third-order valence-electron chi connectivity index (χ3n) is 4.88. The zero-order valence-electron chi connectivity index (χ0n) is 18.2. The molecule has 11 heteroatoms. The minimum Gasteiger partial charge on any atom is -0.497 e. The molecule has 0 atom stereocenters. The fourth-order valence-corrected chi connectivity index (χ4v) is 4.93. The van der Waals surface area contributed by atoms with Crippen molar-refractivity contribution in [3.63, 3.8) is 0 Å². The summed E-state index contributed by atoms with van der Waals surface area (Å²) < 4.78 is 18.8. The number of aromatic nitrogens is 4. The first kappa shape index (κ1) is 22.0. The summed E-state index contributed by atoms with van der Waals surface area (Å²) in [7, 11) is 3.23. The lowest BCUT2D eigenvalue weighted by Gasteiger charge is -2.10. The van der Waals surface area contributed by atoms with Crippen LogP contribution < -0.4 is 14.8 Å². The zero-order valence-corrected chi connectivity index (χ0v) is 19.9. The number of hydrogen-bond acceptors (Lipinski definition) is 9. The molecule has 0 aliphatic heterocycles. The fraction of sp³-hybridized carbons (Fsp3) is 0.130. The Morgan fingerprint density at radius 1 is 1.09 bits per heavy atom. The number of furan rings is 1. The van der Waals surface area contributed by atoms with Gasteiger partial charge in [-0.05, 0) is 54.6 Å². The number of methoxy groups -OCH3 is 2. The van der Waals surface area contributed by atoms with E-state index in [1.807, 2.05) is 53.1 Å². The molecule has 0 unspecified atom stereocenters. The van der Waals surface area contributed by atoms with Gasteiger partial charge in [-0.15, -0.1) is 10.2 Å². The molecule has 2 aromatic carbocycles. The molecule has 0 fully saturated rings. The molecule has 0 spiro atoms. The van der Waals surface area contributed by atoms with Crippen LogP contribution in [-0.2, 0) is 4.79 Å². The molecule has 0 aliphatic rings. The number of carbonyl (C=O) groups is 1. The highest BCUT2D eigenvalue weighted by atomic mass is 32.2. The Balaban J connectivity index is 1.35. The molecule has 0 bridgehead atoms. The molecule has 3 aromatic heterocycles. The lowest BCUT2D eigenvalue weighted by atomic mass is 10.3. The summed E-state index contributed by atoms with van der Waals surface area (Å²) in [5.74, 6) is 2.53. The summed E-state index contributed by atoms with van der Waals surface area (Å²) in [5.41, 5.74) is 1.62. The van der Waals surface area contributed by atoms with E-state index in [1.165, 1.54) is 23.1 Å². The number of hydrogen-bond donors (Lipinski definition) is 1. The molecular weight excluding hydrogens is 474 g/mol. The van der Waals surface area contributed by atoms with Crippen LogP contribution in [0.3, 0.4) is 0 Å². The van der Waals surface area contributed by atoms with E-state index in [4.69, 9.17) is 13.9 Å². The number of thiazole rings is 1. The molecule has 0 aliphatic carbocycles. The van der Waals surface area contributed by atoms with Crippen LogP contribution in [0.4, 0.5) is 5.13 Å². The van der Waals surface area contributed by atoms with Gasteiger partial charge in [-0.3, -0.25) is 9.36 Å². The molecule has 5 aromatic rings. The van der Waals surface area contributed by atoms with Crippen LogP contribution in [0.1, 0.15) is 0 Å². The Labute approximate surface area is 202 Å². The summed E-state index contributed by atoms with van der Waals surface area (Å²) in [6.45, 7) is 0. The van der Waals surface area contributed by atoms with Crippen molar-refractivity contribution in [2.45, 2.75) is 5.16 Å². The second-order valence-corrected chi connectivity index (χ2v) is 8.98. The number of fused-ring (bicyclic) bond motifs is 1. The second-order valence-electron chi connectivity index (χ2n) is 7.01. The predicted octanol–water partition coefficient (Wildman–Crippen LogP) is 4.89. The first-order valence-electron chi connectivity index (χ1n) is 10.2. The molecule has 1 N–H and O–H groups in total. The molecular formula is C23H19N5O4S2. The third kappa shape index (κ3) is 4.47. The van der Waals surface area contributed by atoms with Gasteiger partial charge in [0.1, 0.15) is 11.5 Å². The van der Waals surface area contributed by atoms with Crippen LogP contribution in [0.5, 0.6) is 11.5 Å². The monoisotopic (exact) mass is 493 g/mol. The second kappa shape index (κ2) is 9.57. The number of anilines is 1. The lowest BCUT2D eigenvalue weighted by Crippen LogP contribution is -2.14. The van der Waals surface area contributed by atoms with Crippen molar-refractivity contribution in [2.24, 2.45) is 0 Å². The maximum Gasteiger partial charge on any atom is 0.236 e. The molecule has 34 heavy (non-hydrogen) atoms. The largest absolute Gasteiger partial charge is 0.497 e. The van der Waals surface area contributed by atoms with E-state index in [0.29, 0.717) is 21.9 Å². The predicted molar refractivity (Wildman–Crippen MR) is 131 cm³/mol. The summed E-state index contributed by atoms with van der Waals surface area (Å²) in [6.07, 6.45) is 1.58. The summed E-state index contributed by atoms with van der Waals surface area (Å²) >= 11 is 2.66. The third-order valence-corrected chi connectivity index (χ3v) is 6.74. The zero-order chi connectivity index (χ0) is 23.5. The Kier molecular flexibility index (Phi) is 6.19. The molecule has 0 radical (unpaired) electrons. The van der Waals surface area contributed by atoms with E-state index >= 15 is 0 Å². The van der Waals surface area contributed by atoms with Gasteiger partial charge in [0, 0.05) is 0 Å². The van der Waals surface area contributed by atoms with E-state index < -0.39 is 0 Å². The summed E-state index contributed by atoms with van der Waals surface area (Å²) in [5, 5.41) is 12.5. The lowest BCUT2D eigenvalue weighted by molar-refractivity contribution is -0.113.